The summed E-state index contributed by atoms with van der Waals surface area (Å²) in [5.74, 6) is -0.102. The van der Waals surface area contributed by atoms with Crippen LogP contribution in [0.5, 0.6) is 0 Å². The molecule has 2 aromatic carbocycles. The molecule has 29 heavy (non-hydrogen) atoms. The van der Waals surface area contributed by atoms with Gasteiger partial charge in [-0.3, -0.25) is 0 Å². The van der Waals surface area contributed by atoms with Gasteiger partial charge in [-0.15, -0.1) is 11.3 Å². The highest BCUT2D eigenvalue weighted by molar-refractivity contribution is 7.19. The second-order valence-electron chi connectivity index (χ2n) is 7.53. The van der Waals surface area contributed by atoms with Crippen LogP contribution in [0, 0.1) is 12.8 Å². The van der Waals surface area contributed by atoms with E-state index in [0.717, 1.165) is 57.9 Å². The number of aryl methyl sites for hydroxylation is 1. The molecule has 1 aliphatic heterocycles. The number of carbonyl (C=O) groups excluding carboxylic acids is 1. The number of rotatable bonds is 4. The van der Waals surface area contributed by atoms with Crippen molar-refractivity contribution in [1.29, 1.82) is 0 Å². The largest absolute Gasteiger partial charge is 0.465 e. The number of fused-ring (bicyclic) bond motifs is 1. The van der Waals surface area contributed by atoms with Gasteiger partial charge in [0.2, 0.25) is 0 Å². The summed E-state index contributed by atoms with van der Waals surface area (Å²) in [5.41, 5.74) is 3.57. The summed E-state index contributed by atoms with van der Waals surface area (Å²) in [6.45, 7) is 3.89. The normalized spacial score (nSPS) is 17.0. The zero-order valence-electron chi connectivity index (χ0n) is 16.6. The Bertz CT molecular complexity index is 1060. The number of aliphatic hydroxyl groups is 1. The third-order valence-electron chi connectivity index (χ3n) is 5.64. The first-order valence-electron chi connectivity index (χ1n) is 9.79. The molecule has 4 rings (SSSR count). The van der Waals surface area contributed by atoms with E-state index in [-0.39, 0.29) is 18.5 Å². The fraction of sp³-hybridized carbons (Fsp3) is 0.348. The van der Waals surface area contributed by atoms with E-state index in [2.05, 4.69) is 17.9 Å². The minimum Gasteiger partial charge on any atom is -0.465 e. The standard InChI is InChI=1S/C23H24ClNO3S/c1-14-22(18-7-6-17(24)11-21(18)29-14)16-5-8-20(19(10-16)23(27)28-2)25-9-3-4-15(12-25)13-26/h5-8,10-11,15,26H,3-4,9,12-13H2,1-2H3/t15-/m0/s1. The van der Waals surface area contributed by atoms with Crippen molar-refractivity contribution in [2.45, 2.75) is 19.8 Å². The molecule has 0 spiro atoms. The van der Waals surface area contributed by atoms with Crippen LogP contribution in [0.1, 0.15) is 28.1 Å². The van der Waals surface area contributed by atoms with Crippen molar-refractivity contribution in [3.05, 3.63) is 51.9 Å². The minimum atomic E-state index is -0.340. The second-order valence-corrected chi connectivity index (χ2v) is 9.23. The predicted octanol–water partition coefficient (Wildman–Crippen LogP) is 5.53. The average molecular weight is 430 g/mol. The first kappa shape index (κ1) is 20.2. The molecule has 1 fully saturated rings. The molecular formula is C23H24ClNO3S. The molecule has 6 heteroatoms. The van der Waals surface area contributed by atoms with Gasteiger partial charge < -0.3 is 14.7 Å². The van der Waals surface area contributed by atoms with Gasteiger partial charge in [-0.25, -0.2) is 4.79 Å². The van der Waals surface area contributed by atoms with E-state index in [1.54, 1.807) is 11.3 Å². The van der Waals surface area contributed by atoms with Crippen molar-refractivity contribution in [3.63, 3.8) is 0 Å². The lowest BCUT2D eigenvalue weighted by molar-refractivity contribution is 0.0601. The van der Waals surface area contributed by atoms with E-state index in [4.69, 9.17) is 16.3 Å². The quantitative estimate of drug-likeness (QED) is 0.554. The van der Waals surface area contributed by atoms with Gasteiger partial charge in [-0.05, 0) is 55.5 Å². The van der Waals surface area contributed by atoms with E-state index in [9.17, 15) is 9.90 Å². The van der Waals surface area contributed by atoms with Crippen molar-refractivity contribution < 1.29 is 14.6 Å². The minimum absolute atomic E-state index is 0.171. The summed E-state index contributed by atoms with van der Waals surface area (Å²) >= 11 is 7.87. The number of benzene rings is 2. The lowest BCUT2D eigenvalue weighted by Crippen LogP contribution is -2.37. The summed E-state index contributed by atoms with van der Waals surface area (Å²) in [7, 11) is 1.42. The molecule has 2 heterocycles. The first-order valence-corrected chi connectivity index (χ1v) is 11.0. The highest BCUT2D eigenvalue weighted by Gasteiger charge is 2.24. The van der Waals surface area contributed by atoms with E-state index >= 15 is 0 Å². The number of thiophene rings is 1. The number of hydrogen-bond acceptors (Lipinski definition) is 5. The van der Waals surface area contributed by atoms with E-state index < -0.39 is 0 Å². The number of piperidine rings is 1. The van der Waals surface area contributed by atoms with Gasteiger partial charge in [0.15, 0.2) is 0 Å². The first-order chi connectivity index (χ1) is 14.0. The summed E-state index contributed by atoms with van der Waals surface area (Å²) in [6.07, 6.45) is 2.02. The molecule has 4 nitrogen and oxygen atoms in total. The van der Waals surface area contributed by atoms with Crippen LogP contribution in [-0.2, 0) is 4.74 Å². The van der Waals surface area contributed by atoms with Crippen molar-refractivity contribution in [2.24, 2.45) is 5.92 Å². The predicted molar refractivity (Wildman–Crippen MR) is 120 cm³/mol. The number of aliphatic hydroxyl groups excluding tert-OH is 1. The van der Waals surface area contributed by atoms with Crippen LogP contribution in [0.2, 0.25) is 5.02 Å². The fourth-order valence-corrected chi connectivity index (χ4v) is 5.59. The SMILES string of the molecule is COC(=O)c1cc(-c2c(C)sc3cc(Cl)ccc23)ccc1N1CCC[C@H](CO)C1. The van der Waals surface area contributed by atoms with E-state index in [0.29, 0.717) is 5.56 Å². The molecule has 1 aromatic heterocycles. The van der Waals surface area contributed by atoms with Gasteiger partial charge in [0.1, 0.15) is 0 Å². The van der Waals surface area contributed by atoms with Crippen molar-refractivity contribution in [2.75, 3.05) is 31.7 Å². The highest BCUT2D eigenvalue weighted by Crippen LogP contribution is 2.41. The smallest absolute Gasteiger partial charge is 0.339 e. The van der Waals surface area contributed by atoms with E-state index in [1.165, 1.54) is 12.0 Å². The van der Waals surface area contributed by atoms with Crippen LogP contribution in [0.15, 0.2) is 36.4 Å². The number of esters is 1. The molecule has 0 bridgehead atoms. The molecule has 0 radical (unpaired) electrons. The van der Waals surface area contributed by atoms with Crippen LogP contribution in [0.25, 0.3) is 21.2 Å². The number of carbonyl (C=O) groups is 1. The Kier molecular flexibility index (Phi) is 5.81. The fourth-order valence-electron chi connectivity index (χ4n) is 4.23. The molecule has 1 N–H and O–H groups in total. The van der Waals surface area contributed by atoms with Gasteiger partial charge in [0.05, 0.1) is 18.4 Å². The lowest BCUT2D eigenvalue weighted by atomic mass is 9.95. The monoisotopic (exact) mass is 429 g/mol. The van der Waals surface area contributed by atoms with Gasteiger partial charge in [0.25, 0.3) is 0 Å². The van der Waals surface area contributed by atoms with Gasteiger partial charge >= 0.3 is 5.97 Å². The maximum atomic E-state index is 12.6. The van der Waals surface area contributed by atoms with Gasteiger partial charge in [-0.1, -0.05) is 23.7 Å². The summed E-state index contributed by atoms with van der Waals surface area (Å²) in [6, 6.07) is 12.0. The third kappa shape index (κ3) is 3.87. The maximum Gasteiger partial charge on any atom is 0.339 e. The van der Waals surface area contributed by atoms with Crippen molar-refractivity contribution in [3.8, 4) is 11.1 Å². The topological polar surface area (TPSA) is 49.8 Å². The molecule has 1 saturated heterocycles. The number of ether oxygens (including phenoxy) is 1. The van der Waals surface area contributed by atoms with Crippen molar-refractivity contribution >= 4 is 44.7 Å². The molecule has 3 aromatic rings. The summed E-state index contributed by atoms with van der Waals surface area (Å²) in [5, 5.41) is 11.4. The van der Waals surface area contributed by atoms with Crippen molar-refractivity contribution in [1.82, 2.24) is 0 Å². The third-order valence-corrected chi connectivity index (χ3v) is 6.94. The Morgan fingerprint density at radius 3 is 2.90 bits per heavy atom. The van der Waals surface area contributed by atoms with Gasteiger partial charge in [-0.2, -0.15) is 0 Å². The molecule has 0 amide bonds. The summed E-state index contributed by atoms with van der Waals surface area (Å²) in [4.78, 5) is 16.0. The lowest BCUT2D eigenvalue weighted by Gasteiger charge is -2.34. The average Bonchev–Trinajstić information content (AvgIpc) is 3.07. The second kappa shape index (κ2) is 8.34. The zero-order chi connectivity index (χ0) is 20.5. The molecule has 152 valence electrons. The van der Waals surface area contributed by atoms with Crippen LogP contribution in [0.3, 0.4) is 0 Å². The molecular weight excluding hydrogens is 406 g/mol. The zero-order valence-corrected chi connectivity index (χ0v) is 18.1. The molecule has 1 atom stereocenters. The van der Waals surface area contributed by atoms with E-state index in [1.807, 2.05) is 30.3 Å². The van der Waals surface area contributed by atoms with Gasteiger partial charge in [0, 0.05) is 45.2 Å². The number of nitrogens with zero attached hydrogens (tertiary/aromatic N) is 1. The number of halogens is 1. The number of anilines is 1. The molecule has 0 unspecified atom stereocenters. The van der Waals surface area contributed by atoms with Crippen LogP contribution >= 0.6 is 22.9 Å². The maximum absolute atomic E-state index is 12.6. The Morgan fingerprint density at radius 2 is 2.14 bits per heavy atom. The summed E-state index contributed by atoms with van der Waals surface area (Å²) < 4.78 is 6.23. The number of hydrogen-bond donors (Lipinski definition) is 1. The molecule has 1 aliphatic rings. The Hall–Kier alpha value is -2.08. The molecule has 0 aliphatic carbocycles. The highest BCUT2D eigenvalue weighted by atomic mass is 35.5. The Balaban J connectivity index is 1.81. The Morgan fingerprint density at radius 1 is 1.31 bits per heavy atom. The van der Waals surface area contributed by atoms with Crippen LogP contribution < -0.4 is 4.90 Å². The Labute approximate surface area is 179 Å². The molecule has 0 saturated carbocycles. The number of methoxy groups -OCH3 is 1. The van der Waals surface area contributed by atoms with Crippen LogP contribution in [0.4, 0.5) is 5.69 Å². The van der Waals surface area contributed by atoms with Crippen LogP contribution in [-0.4, -0.2) is 37.9 Å².